The maximum Gasteiger partial charge on any atom is 0.365 e. The molecule has 9 heteroatoms. The average Bonchev–Trinajstić information content (AvgIpc) is 3.25. The molecule has 0 saturated heterocycles. The van der Waals surface area contributed by atoms with Crippen LogP contribution in [0.25, 0.3) is 15.9 Å². The number of carbonyl (C=O) groups excluding carboxylic acids is 1. The van der Waals surface area contributed by atoms with Gasteiger partial charge in [-0.2, -0.15) is 5.10 Å². The van der Waals surface area contributed by atoms with Gasteiger partial charge in [-0.25, -0.2) is 9.78 Å². The topological polar surface area (TPSA) is 85.6 Å². The van der Waals surface area contributed by atoms with Crippen LogP contribution in [0, 0.1) is 5.92 Å². The number of carbonyl (C=O) groups is 1. The lowest BCUT2D eigenvalue weighted by molar-refractivity contribution is -0.134. The van der Waals surface area contributed by atoms with Gasteiger partial charge in [0.05, 0.1) is 23.4 Å². The molecule has 2 aromatic heterocycles. The van der Waals surface area contributed by atoms with Crippen molar-refractivity contribution in [1.82, 2.24) is 9.55 Å². The standard InChI is InChI=1S/C27H26N4O3S2/c1-3-34-26(33)24(30-29-18-10-6-4-7-11-18)36-27-28-23-22(20-15-14-17(2)16-21(20)35-23)25(32)31(27)19-12-8-5-9-13-19/h4-13,17,29H,3,14-16H2,1-2H3. The van der Waals surface area contributed by atoms with E-state index in [4.69, 9.17) is 9.72 Å². The van der Waals surface area contributed by atoms with Gasteiger partial charge in [0.2, 0.25) is 5.04 Å². The maximum atomic E-state index is 14.0. The molecule has 0 saturated carbocycles. The van der Waals surface area contributed by atoms with Crippen LogP contribution in [0.4, 0.5) is 5.69 Å². The number of ether oxygens (including phenoxy) is 1. The number of nitrogens with one attached hydrogen (secondary N) is 1. The number of para-hydroxylation sites is 2. The molecule has 0 radical (unpaired) electrons. The zero-order chi connectivity index (χ0) is 25.1. The normalized spacial score (nSPS) is 15.5. The van der Waals surface area contributed by atoms with Gasteiger partial charge in [-0.1, -0.05) is 43.3 Å². The van der Waals surface area contributed by atoms with Crippen LogP contribution in [0.15, 0.2) is 75.7 Å². The third-order valence-corrected chi connectivity index (χ3v) is 8.07. The smallest absolute Gasteiger partial charge is 0.365 e. The fraction of sp³-hybridized carbons (Fsp3) is 0.259. The van der Waals surface area contributed by atoms with Gasteiger partial charge in [-0.3, -0.25) is 14.8 Å². The molecule has 36 heavy (non-hydrogen) atoms. The van der Waals surface area contributed by atoms with E-state index in [1.807, 2.05) is 60.7 Å². The largest absolute Gasteiger partial charge is 0.461 e. The van der Waals surface area contributed by atoms with E-state index in [1.54, 1.807) is 22.8 Å². The average molecular weight is 519 g/mol. The molecule has 0 spiro atoms. The van der Waals surface area contributed by atoms with Crippen LogP contribution in [0.5, 0.6) is 0 Å². The van der Waals surface area contributed by atoms with Crippen molar-refractivity contribution in [1.29, 1.82) is 0 Å². The molecule has 0 amide bonds. The van der Waals surface area contributed by atoms with Gasteiger partial charge in [0.1, 0.15) is 4.83 Å². The van der Waals surface area contributed by atoms with Crippen molar-refractivity contribution in [3.05, 3.63) is 81.5 Å². The highest BCUT2D eigenvalue weighted by Crippen LogP contribution is 2.37. The van der Waals surface area contributed by atoms with E-state index in [1.165, 1.54) is 4.88 Å². The van der Waals surface area contributed by atoms with E-state index in [0.29, 0.717) is 27.0 Å². The van der Waals surface area contributed by atoms with Crippen LogP contribution in [-0.4, -0.2) is 27.2 Å². The molecule has 5 rings (SSSR count). The highest BCUT2D eigenvalue weighted by atomic mass is 32.2. The van der Waals surface area contributed by atoms with Crippen LogP contribution in [-0.2, 0) is 22.4 Å². The van der Waals surface area contributed by atoms with Crippen molar-refractivity contribution in [2.75, 3.05) is 12.0 Å². The number of aryl methyl sites for hydroxylation is 1. The SMILES string of the molecule is CCOC(=O)C(=NNc1ccccc1)Sc1nc2sc3c(c2c(=O)n1-c1ccccc1)CCC(C)C3. The Labute approximate surface area is 217 Å². The number of anilines is 1. The van der Waals surface area contributed by atoms with Gasteiger partial charge in [0.25, 0.3) is 5.56 Å². The minimum Gasteiger partial charge on any atom is -0.461 e. The summed E-state index contributed by atoms with van der Waals surface area (Å²) in [5.74, 6) is 0.00144. The molecule has 0 bridgehead atoms. The number of thioether (sulfide) groups is 1. The van der Waals surface area contributed by atoms with Gasteiger partial charge in [-0.15, -0.1) is 11.3 Å². The molecule has 1 N–H and O–H groups in total. The number of hydrogen-bond acceptors (Lipinski definition) is 8. The minimum atomic E-state index is -0.584. The zero-order valence-corrected chi connectivity index (χ0v) is 21.7. The number of hydrazone groups is 1. The van der Waals surface area contributed by atoms with Crippen molar-refractivity contribution in [2.45, 2.75) is 38.3 Å². The van der Waals surface area contributed by atoms with Gasteiger partial charge in [0, 0.05) is 4.88 Å². The molecule has 7 nitrogen and oxygen atoms in total. The van der Waals surface area contributed by atoms with Crippen LogP contribution >= 0.6 is 23.1 Å². The van der Waals surface area contributed by atoms with E-state index in [0.717, 1.165) is 42.3 Å². The van der Waals surface area contributed by atoms with Crippen LogP contribution in [0.1, 0.15) is 30.7 Å². The minimum absolute atomic E-state index is 0.0616. The molecule has 1 aliphatic rings. The summed E-state index contributed by atoms with van der Waals surface area (Å²) in [6.45, 7) is 4.19. The van der Waals surface area contributed by atoms with E-state index in [9.17, 15) is 9.59 Å². The van der Waals surface area contributed by atoms with Crippen molar-refractivity contribution in [3.63, 3.8) is 0 Å². The monoisotopic (exact) mass is 518 g/mol. The Bertz CT molecular complexity index is 1480. The molecule has 0 aliphatic heterocycles. The van der Waals surface area contributed by atoms with Gasteiger partial charge in [0.15, 0.2) is 5.16 Å². The molecule has 1 aliphatic carbocycles. The van der Waals surface area contributed by atoms with Crippen molar-refractivity contribution in [2.24, 2.45) is 11.0 Å². The number of nitrogens with zero attached hydrogens (tertiary/aromatic N) is 3. The quantitative estimate of drug-likeness (QED) is 0.0917. The van der Waals surface area contributed by atoms with E-state index in [-0.39, 0.29) is 17.2 Å². The van der Waals surface area contributed by atoms with Crippen molar-refractivity contribution < 1.29 is 9.53 Å². The van der Waals surface area contributed by atoms with Gasteiger partial charge < -0.3 is 4.74 Å². The second-order valence-electron chi connectivity index (χ2n) is 8.62. The first-order valence-electron chi connectivity index (χ1n) is 11.9. The first-order chi connectivity index (χ1) is 17.5. The summed E-state index contributed by atoms with van der Waals surface area (Å²) in [6, 6.07) is 18.7. The summed E-state index contributed by atoms with van der Waals surface area (Å²) in [4.78, 5) is 33.6. The number of hydrogen-bond donors (Lipinski definition) is 1. The summed E-state index contributed by atoms with van der Waals surface area (Å²) in [5, 5.41) is 5.45. The predicted octanol–water partition coefficient (Wildman–Crippen LogP) is 5.65. The van der Waals surface area contributed by atoms with Gasteiger partial charge in [-0.05, 0) is 73.7 Å². The molecule has 4 aromatic rings. The summed E-state index contributed by atoms with van der Waals surface area (Å²) in [6.07, 6.45) is 2.90. The highest BCUT2D eigenvalue weighted by molar-refractivity contribution is 8.15. The Kier molecular flexibility index (Phi) is 7.20. The highest BCUT2D eigenvalue weighted by Gasteiger charge is 2.27. The summed E-state index contributed by atoms with van der Waals surface area (Å²) in [7, 11) is 0. The summed E-state index contributed by atoms with van der Waals surface area (Å²) < 4.78 is 6.84. The number of benzene rings is 2. The van der Waals surface area contributed by atoms with Crippen LogP contribution in [0.2, 0.25) is 0 Å². The Hall–Kier alpha value is -3.43. The third kappa shape index (κ3) is 4.94. The maximum absolute atomic E-state index is 14.0. The second-order valence-corrected chi connectivity index (χ2v) is 10.7. The zero-order valence-electron chi connectivity index (χ0n) is 20.1. The number of thiophene rings is 1. The summed E-state index contributed by atoms with van der Waals surface area (Å²) >= 11 is 2.61. The first-order valence-corrected chi connectivity index (χ1v) is 13.5. The molecular weight excluding hydrogens is 492 g/mol. The van der Waals surface area contributed by atoms with Crippen LogP contribution < -0.4 is 11.0 Å². The number of esters is 1. The Morgan fingerprint density at radius 2 is 1.92 bits per heavy atom. The lowest BCUT2D eigenvalue weighted by Gasteiger charge is -2.18. The number of aromatic nitrogens is 2. The number of rotatable bonds is 5. The van der Waals surface area contributed by atoms with Gasteiger partial charge >= 0.3 is 5.97 Å². The molecule has 2 aromatic carbocycles. The fourth-order valence-corrected chi connectivity index (χ4v) is 6.52. The fourth-order valence-electron chi connectivity index (χ4n) is 4.26. The number of fused-ring (bicyclic) bond motifs is 3. The van der Waals surface area contributed by atoms with E-state index >= 15 is 0 Å². The predicted molar refractivity (Wildman–Crippen MR) is 146 cm³/mol. The lowest BCUT2D eigenvalue weighted by atomic mass is 9.89. The molecular formula is C27H26N4O3S2. The second kappa shape index (κ2) is 10.7. The third-order valence-electron chi connectivity index (χ3n) is 6.01. The van der Waals surface area contributed by atoms with Crippen molar-refractivity contribution >= 4 is 50.0 Å². The molecule has 1 atom stereocenters. The molecule has 1 unspecified atom stereocenters. The Morgan fingerprint density at radius 3 is 2.64 bits per heavy atom. The van der Waals surface area contributed by atoms with E-state index in [2.05, 4.69) is 17.5 Å². The summed E-state index contributed by atoms with van der Waals surface area (Å²) in [5.41, 5.74) is 5.32. The molecule has 184 valence electrons. The van der Waals surface area contributed by atoms with Crippen LogP contribution in [0.3, 0.4) is 0 Å². The van der Waals surface area contributed by atoms with Crippen molar-refractivity contribution in [3.8, 4) is 5.69 Å². The molecule has 0 fully saturated rings. The Morgan fingerprint density at radius 1 is 1.19 bits per heavy atom. The Balaban J connectivity index is 1.64. The van der Waals surface area contributed by atoms with E-state index < -0.39 is 5.97 Å². The molecule has 2 heterocycles. The first kappa shape index (κ1) is 24.3. The lowest BCUT2D eigenvalue weighted by Crippen LogP contribution is -2.24.